The molecule has 0 spiro atoms. The number of aromatic nitrogens is 4. The fourth-order valence-electron chi connectivity index (χ4n) is 8.65. The first-order chi connectivity index (χ1) is 27.0. The molecule has 0 unspecified atom stereocenters. The molecule has 1 aliphatic carbocycles. The number of hydrogen-bond donors (Lipinski definition) is 0. The van der Waals surface area contributed by atoms with Crippen LogP contribution in [0.5, 0.6) is 0 Å². The van der Waals surface area contributed by atoms with E-state index < -0.39 is 5.41 Å². The van der Waals surface area contributed by atoms with E-state index in [1.165, 1.54) is 12.1 Å². The summed E-state index contributed by atoms with van der Waals surface area (Å²) in [6.07, 6.45) is 3.57. The Bertz CT molecular complexity index is 2990. The molecule has 258 valence electrons. The fraction of sp³-hybridized carbons (Fsp3) is 0.0204. The molecule has 6 heteroatoms. The van der Waals surface area contributed by atoms with Crippen molar-refractivity contribution in [3.05, 3.63) is 204 Å². The number of fused-ring (bicyclic) bond motifs is 9. The van der Waals surface area contributed by atoms with E-state index in [4.69, 9.17) is 9.97 Å². The highest BCUT2D eigenvalue weighted by atomic mass is 19.1. The molecule has 11 rings (SSSR count). The maximum atomic E-state index is 15.6. The highest BCUT2D eigenvalue weighted by Gasteiger charge is 2.47. The van der Waals surface area contributed by atoms with Gasteiger partial charge in [-0.25, -0.2) is 18.7 Å². The van der Waals surface area contributed by atoms with Crippen LogP contribution in [-0.2, 0) is 5.41 Å². The van der Waals surface area contributed by atoms with Gasteiger partial charge in [-0.2, -0.15) is 0 Å². The van der Waals surface area contributed by atoms with E-state index in [-0.39, 0.29) is 11.6 Å². The zero-order valence-corrected chi connectivity index (χ0v) is 29.2. The molecule has 0 atom stereocenters. The highest BCUT2D eigenvalue weighted by molar-refractivity contribution is 6.04. The third kappa shape index (κ3) is 4.74. The third-order valence-corrected chi connectivity index (χ3v) is 11.1. The first-order valence-corrected chi connectivity index (χ1v) is 18.2. The van der Waals surface area contributed by atoms with Gasteiger partial charge in [0.2, 0.25) is 0 Å². The van der Waals surface area contributed by atoms with E-state index in [0.717, 1.165) is 99.5 Å². The molecule has 0 radical (unpaired) electrons. The highest BCUT2D eigenvalue weighted by Crippen LogP contribution is 2.57. The summed E-state index contributed by atoms with van der Waals surface area (Å²) < 4.78 is 31.1. The first kappa shape index (κ1) is 31.4. The monoisotopic (exact) mass is 710 g/mol. The van der Waals surface area contributed by atoms with Crippen LogP contribution in [0, 0.1) is 11.6 Å². The molecule has 4 nitrogen and oxygen atoms in total. The largest absolute Gasteiger partial charge is 0.254 e. The van der Waals surface area contributed by atoms with Gasteiger partial charge in [0.25, 0.3) is 0 Å². The molecule has 10 aromatic rings. The molecule has 55 heavy (non-hydrogen) atoms. The lowest BCUT2D eigenvalue weighted by atomic mass is 9.67. The molecule has 4 aromatic heterocycles. The van der Waals surface area contributed by atoms with Crippen LogP contribution in [0.2, 0.25) is 0 Å². The lowest BCUT2D eigenvalue weighted by molar-refractivity contribution is 0.616. The number of hydrogen-bond acceptors (Lipinski definition) is 4. The zero-order chi connectivity index (χ0) is 36.7. The smallest absolute Gasteiger partial charge is 0.123 e. The summed E-state index contributed by atoms with van der Waals surface area (Å²) in [5.41, 5.74) is 10.4. The lowest BCUT2D eigenvalue weighted by Gasteiger charge is -2.34. The van der Waals surface area contributed by atoms with Gasteiger partial charge in [-0.15, -0.1) is 0 Å². The van der Waals surface area contributed by atoms with Crippen molar-refractivity contribution in [2.45, 2.75) is 5.41 Å². The second kappa shape index (κ2) is 11.9. The van der Waals surface area contributed by atoms with E-state index in [1.807, 2.05) is 72.8 Å². The van der Waals surface area contributed by atoms with Crippen molar-refractivity contribution in [3.63, 3.8) is 0 Å². The van der Waals surface area contributed by atoms with E-state index in [9.17, 15) is 0 Å². The summed E-state index contributed by atoms with van der Waals surface area (Å²) in [6.45, 7) is 0. The number of rotatable bonds is 4. The Morgan fingerprint density at radius 2 is 0.818 bits per heavy atom. The summed E-state index contributed by atoms with van der Waals surface area (Å²) >= 11 is 0. The predicted octanol–water partition coefficient (Wildman–Crippen LogP) is 11.9. The summed E-state index contributed by atoms with van der Waals surface area (Å²) in [5.74, 6) is -0.732. The van der Waals surface area contributed by atoms with Gasteiger partial charge in [0.15, 0.2) is 0 Å². The average Bonchev–Trinajstić information content (AvgIpc) is 3.52. The van der Waals surface area contributed by atoms with Crippen LogP contribution in [0.3, 0.4) is 0 Å². The third-order valence-electron chi connectivity index (χ3n) is 11.1. The van der Waals surface area contributed by atoms with Crippen molar-refractivity contribution in [3.8, 4) is 33.6 Å². The van der Waals surface area contributed by atoms with Crippen LogP contribution in [0.4, 0.5) is 8.78 Å². The number of nitrogens with zero attached hydrogens (tertiary/aromatic N) is 4. The maximum Gasteiger partial charge on any atom is 0.123 e. The summed E-state index contributed by atoms with van der Waals surface area (Å²) in [5, 5.41) is 4.02. The predicted molar refractivity (Wildman–Crippen MR) is 216 cm³/mol. The van der Waals surface area contributed by atoms with Gasteiger partial charge >= 0.3 is 0 Å². The maximum absolute atomic E-state index is 15.6. The summed E-state index contributed by atoms with van der Waals surface area (Å²) in [6, 6.07) is 50.5. The molecular formula is C49H28F2N4. The second-order valence-electron chi connectivity index (χ2n) is 14.1. The minimum Gasteiger partial charge on any atom is -0.254 e. The molecule has 6 aromatic carbocycles. The van der Waals surface area contributed by atoms with E-state index in [1.54, 1.807) is 24.5 Å². The normalized spacial score (nSPS) is 13.1. The average molecular weight is 711 g/mol. The Morgan fingerprint density at radius 3 is 1.29 bits per heavy atom. The van der Waals surface area contributed by atoms with E-state index in [2.05, 4.69) is 70.6 Å². The number of halogens is 2. The van der Waals surface area contributed by atoms with Crippen molar-refractivity contribution in [1.82, 2.24) is 19.9 Å². The number of pyridine rings is 4. The first-order valence-electron chi connectivity index (χ1n) is 18.2. The summed E-state index contributed by atoms with van der Waals surface area (Å²) in [4.78, 5) is 19.6. The van der Waals surface area contributed by atoms with Crippen molar-refractivity contribution in [1.29, 1.82) is 0 Å². The molecule has 1 aliphatic rings. The minimum atomic E-state index is -1.09. The van der Waals surface area contributed by atoms with Crippen molar-refractivity contribution in [2.75, 3.05) is 0 Å². The number of benzene rings is 6. The Hall–Kier alpha value is -7.18. The molecule has 0 saturated carbocycles. The summed E-state index contributed by atoms with van der Waals surface area (Å²) in [7, 11) is 0. The van der Waals surface area contributed by atoms with Gasteiger partial charge in [0, 0.05) is 45.1 Å². The van der Waals surface area contributed by atoms with E-state index in [0.29, 0.717) is 0 Å². The molecule has 0 saturated heterocycles. The van der Waals surface area contributed by atoms with Crippen molar-refractivity contribution in [2.24, 2.45) is 0 Å². The second-order valence-corrected chi connectivity index (χ2v) is 14.1. The molecule has 0 bridgehead atoms. The van der Waals surface area contributed by atoms with Gasteiger partial charge in [-0.3, -0.25) is 9.97 Å². The van der Waals surface area contributed by atoms with Crippen LogP contribution in [0.1, 0.15) is 22.3 Å². The van der Waals surface area contributed by atoms with Crippen LogP contribution in [-0.4, -0.2) is 19.9 Å². The molecular weight excluding hydrogens is 683 g/mol. The van der Waals surface area contributed by atoms with Gasteiger partial charge in [-0.05, 0) is 94.0 Å². The minimum absolute atomic E-state index is 0.366. The standard InChI is InChI=1S/C49H28F2N4/c50-37-17-19-39-40-20-18-38(51)28-42(40)49(41(39)27-37,35-9-1-5-33(25-35)43-21-15-31-13-11-29-7-3-23-52-45(29)47(31)54-43)36-10-2-6-34(26-36)44-22-16-32-14-12-30-8-4-24-53-46(30)48(32)55-44/h1-28H. The Kier molecular flexibility index (Phi) is 6.79. The molecule has 0 amide bonds. The van der Waals surface area contributed by atoms with E-state index >= 15 is 8.78 Å². The zero-order valence-electron chi connectivity index (χ0n) is 29.2. The van der Waals surface area contributed by atoms with Crippen LogP contribution in [0.25, 0.3) is 77.3 Å². The van der Waals surface area contributed by atoms with Gasteiger partial charge in [-0.1, -0.05) is 97.1 Å². The SMILES string of the molecule is Fc1ccc2c(c1)C(c1cccc(-c3ccc4ccc5cccnc5c4n3)c1)(c1cccc(-c3ccc4ccc5cccnc5c4n3)c1)c1cc(F)ccc1-2. The van der Waals surface area contributed by atoms with Gasteiger partial charge in [0.05, 0.1) is 38.9 Å². The fourth-order valence-corrected chi connectivity index (χ4v) is 8.65. The van der Waals surface area contributed by atoms with Crippen molar-refractivity contribution < 1.29 is 8.78 Å². The van der Waals surface area contributed by atoms with Gasteiger partial charge < -0.3 is 0 Å². The Morgan fingerprint density at radius 1 is 0.382 bits per heavy atom. The quantitative estimate of drug-likeness (QED) is 0.171. The van der Waals surface area contributed by atoms with Crippen molar-refractivity contribution >= 4 is 43.6 Å². The lowest BCUT2D eigenvalue weighted by Crippen LogP contribution is -2.29. The molecule has 0 aliphatic heterocycles. The Balaban J connectivity index is 1.16. The van der Waals surface area contributed by atoms with Crippen LogP contribution >= 0.6 is 0 Å². The van der Waals surface area contributed by atoms with Crippen LogP contribution in [0.15, 0.2) is 170 Å². The Labute approximate surface area is 314 Å². The molecule has 0 N–H and O–H groups in total. The molecule has 0 fully saturated rings. The van der Waals surface area contributed by atoms with Gasteiger partial charge in [0.1, 0.15) is 11.6 Å². The van der Waals surface area contributed by atoms with Crippen LogP contribution < -0.4 is 0 Å². The molecule has 4 heterocycles. The topological polar surface area (TPSA) is 51.6 Å².